The molecule has 4 rings (SSSR count). The van der Waals surface area contributed by atoms with Crippen LogP contribution in [0.25, 0.3) is 0 Å². The van der Waals surface area contributed by atoms with Crippen molar-refractivity contribution < 1.29 is 9.53 Å². The zero-order valence-electron chi connectivity index (χ0n) is 14.7. The number of hydrogen-bond acceptors (Lipinski definition) is 3. The van der Waals surface area contributed by atoms with E-state index in [4.69, 9.17) is 4.74 Å². The number of carbonyl (C=O) groups excluding carboxylic acids is 1. The molecule has 2 fully saturated rings. The van der Waals surface area contributed by atoms with Crippen molar-refractivity contribution in [1.29, 1.82) is 5.26 Å². The minimum Gasteiger partial charge on any atom is -0.379 e. The van der Waals surface area contributed by atoms with Crippen molar-refractivity contribution in [3.8, 4) is 6.07 Å². The second kappa shape index (κ2) is 6.94. The maximum absolute atomic E-state index is 13.0. The number of nitriles is 1. The molecule has 1 amide bonds. The molecule has 0 aromatic heterocycles. The monoisotopic (exact) mass is 326 g/mol. The Morgan fingerprint density at radius 3 is 2.58 bits per heavy atom. The first-order chi connectivity index (χ1) is 11.5. The van der Waals surface area contributed by atoms with Crippen LogP contribution in [-0.2, 0) is 9.53 Å². The number of rotatable bonds is 2. The van der Waals surface area contributed by atoms with Gasteiger partial charge >= 0.3 is 0 Å². The molecule has 3 aliphatic heterocycles. The summed E-state index contributed by atoms with van der Waals surface area (Å²) in [7, 11) is 0. The van der Waals surface area contributed by atoms with Gasteiger partial charge in [-0.05, 0) is 39.0 Å². The van der Waals surface area contributed by atoms with Crippen molar-refractivity contribution in [2.24, 2.45) is 5.41 Å². The highest BCUT2D eigenvalue weighted by atomic mass is 16.5. The fourth-order valence-electron chi connectivity index (χ4n) is 3.74. The molecule has 0 aromatic rings. The second-order valence-corrected chi connectivity index (χ2v) is 7.53. The van der Waals surface area contributed by atoms with Gasteiger partial charge in [-0.1, -0.05) is 36.3 Å². The number of allylic oxidation sites excluding steroid dienone is 2. The smallest absolute Gasteiger partial charge is 0.264 e. The van der Waals surface area contributed by atoms with Gasteiger partial charge in [0.05, 0.1) is 13.2 Å². The Kier molecular flexibility index (Phi) is 4.91. The van der Waals surface area contributed by atoms with E-state index >= 15 is 0 Å². The van der Waals surface area contributed by atoms with Crippen LogP contribution in [0.15, 0.2) is 34.9 Å². The van der Waals surface area contributed by atoms with Gasteiger partial charge in [0.1, 0.15) is 11.6 Å². The number of amides is 1. The van der Waals surface area contributed by atoms with E-state index in [1.54, 1.807) is 0 Å². The normalized spacial score (nSPS) is 26.8. The summed E-state index contributed by atoms with van der Waals surface area (Å²) in [5.41, 5.74) is 3.03. The SMILES string of the molecule is CC1C=C2CCC(=CCCN1C(=O)/C(C#N)=C/C1(C)COC1)CC2. The molecular weight excluding hydrogens is 300 g/mol. The Labute approximate surface area is 144 Å². The Hall–Kier alpha value is -1.86. The molecular formula is C20H26N2O2. The molecule has 1 saturated heterocycles. The molecule has 128 valence electrons. The van der Waals surface area contributed by atoms with Crippen LogP contribution in [0.5, 0.6) is 0 Å². The summed E-state index contributed by atoms with van der Waals surface area (Å²) in [6, 6.07) is 2.15. The molecule has 1 unspecified atom stereocenters. The summed E-state index contributed by atoms with van der Waals surface area (Å²) in [6.07, 6.45) is 11.7. The van der Waals surface area contributed by atoms with Crippen LogP contribution < -0.4 is 0 Å². The molecule has 3 heterocycles. The number of hydrogen-bond donors (Lipinski definition) is 0. The molecule has 0 spiro atoms. The highest BCUT2D eigenvalue weighted by Gasteiger charge is 2.34. The fourth-order valence-corrected chi connectivity index (χ4v) is 3.74. The van der Waals surface area contributed by atoms with Crippen molar-refractivity contribution in [2.45, 2.75) is 52.0 Å². The Bertz CT molecular complexity index is 635. The van der Waals surface area contributed by atoms with Crippen molar-refractivity contribution in [1.82, 2.24) is 4.90 Å². The number of nitrogens with zero attached hydrogens (tertiary/aromatic N) is 2. The Balaban J connectivity index is 1.83. The van der Waals surface area contributed by atoms with Crippen LogP contribution in [0, 0.1) is 16.7 Å². The minimum atomic E-state index is -0.180. The molecule has 1 atom stereocenters. The topological polar surface area (TPSA) is 53.3 Å². The van der Waals surface area contributed by atoms with Gasteiger partial charge in [-0.2, -0.15) is 5.26 Å². The Morgan fingerprint density at radius 2 is 2.00 bits per heavy atom. The van der Waals surface area contributed by atoms with E-state index in [9.17, 15) is 10.1 Å². The Morgan fingerprint density at radius 1 is 1.33 bits per heavy atom. The van der Waals surface area contributed by atoms with Crippen molar-refractivity contribution in [3.63, 3.8) is 0 Å². The number of carbonyl (C=O) groups is 1. The van der Waals surface area contributed by atoms with Crippen LogP contribution in [-0.4, -0.2) is 36.6 Å². The van der Waals surface area contributed by atoms with Gasteiger partial charge < -0.3 is 9.64 Å². The lowest BCUT2D eigenvalue weighted by Gasteiger charge is -2.36. The van der Waals surface area contributed by atoms with Gasteiger partial charge in [0.2, 0.25) is 0 Å². The van der Waals surface area contributed by atoms with E-state index in [-0.39, 0.29) is 22.9 Å². The highest BCUT2D eigenvalue weighted by Crippen LogP contribution is 2.31. The maximum Gasteiger partial charge on any atom is 0.264 e. The molecule has 2 bridgehead atoms. The first kappa shape index (κ1) is 17.0. The number of ether oxygens (including phenoxy) is 1. The standard InChI is InChI=1S/C20H26N2O2/c1-15-10-17-7-5-16(6-8-17)4-3-9-22(15)19(23)18(12-21)11-20(2)13-24-14-20/h4,10-11,15H,3,5-9,13-14H2,1-2H3/b16-4?,17-10?,18-11+. The van der Waals surface area contributed by atoms with Crippen molar-refractivity contribution in [3.05, 3.63) is 34.9 Å². The van der Waals surface area contributed by atoms with Crippen LogP contribution in [0.2, 0.25) is 0 Å². The van der Waals surface area contributed by atoms with Gasteiger partial charge in [-0.25, -0.2) is 0 Å². The van der Waals surface area contributed by atoms with Gasteiger partial charge in [-0.3, -0.25) is 4.79 Å². The summed E-state index contributed by atoms with van der Waals surface area (Å²) in [5.74, 6) is -0.148. The second-order valence-electron chi connectivity index (χ2n) is 7.53. The minimum absolute atomic E-state index is 0.0303. The average molecular weight is 326 g/mol. The number of fused-ring (bicyclic) bond motifs is 7. The van der Waals surface area contributed by atoms with Crippen molar-refractivity contribution in [2.75, 3.05) is 19.8 Å². The summed E-state index contributed by atoms with van der Waals surface area (Å²) < 4.78 is 5.23. The average Bonchev–Trinajstić information content (AvgIpc) is 2.56. The van der Waals surface area contributed by atoms with Crippen LogP contribution >= 0.6 is 0 Å². The summed E-state index contributed by atoms with van der Waals surface area (Å²) in [6.45, 7) is 5.92. The predicted octanol–water partition coefficient (Wildman–Crippen LogP) is 3.52. The molecule has 4 nitrogen and oxygen atoms in total. The highest BCUT2D eigenvalue weighted by molar-refractivity contribution is 5.97. The zero-order chi connectivity index (χ0) is 17.2. The van der Waals surface area contributed by atoms with E-state index < -0.39 is 0 Å². The first-order valence-corrected chi connectivity index (χ1v) is 8.90. The summed E-state index contributed by atoms with van der Waals surface area (Å²) in [5, 5.41) is 9.49. The molecule has 4 aliphatic rings. The zero-order valence-corrected chi connectivity index (χ0v) is 14.7. The van der Waals surface area contributed by atoms with Gasteiger partial charge in [0.25, 0.3) is 5.91 Å². The third-order valence-electron chi connectivity index (χ3n) is 5.27. The molecule has 24 heavy (non-hydrogen) atoms. The van der Waals surface area contributed by atoms with E-state index in [1.165, 1.54) is 11.1 Å². The van der Waals surface area contributed by atoms with E-state index in [1.807, 2.05) is 17.9 Å². The fraction of sp³-hybridized carbons (Fsp3) is 0.600. The van der Waals surface area contributed by atoms with E-state index in [2.05, 4.69) is 25.1 Å². The largest absolute Gasteiger partial charge is 0.379 e. The third-order valence-corrected chi connectivity index (χ3v) is 5.27. The lowest BCUT2D eigenvalue weighted by Crippen LogP contribution is -2.42. The molecule has 1 saturated carbocycles. The molecule has 0 radical (unpaired) electrons. The summed E-state index contributed by atoms with van der Waals surface area (Å²) in [4.78, 5) is 14.8. The third kappa shape index (κ3) is 3.62. The van der Waals surface area contributed by atoms with Crippen LogP contribution in [0.1, 0.15) is 46.0 Å². The molecule has 4 heteroatoms. The predicted molar refractivity (Wildman–Crippen MR) is 93.0 cm³/mol. The molecule has 1 aliphatic carbocycles. The van der Waals surface area contributed by atoms with Gasteiger partial charge in [0, 0.05) is 18.0 Å². The van der Waals surface area contributed by atoms with Crippen LogP contribution in [0.4, 0.5) is 0 Å². The summed E-state index contributed by atoms with van der Waals surface area (Å²) >= 11 is 0. The lowest BCUT2D eigenvalue weighted by molar-refractivity contribution is -0.128. The van der Waals surface area contributed by atoms with E-state index in [0.29, 0.717) is 19.8 Å². The van der Waals surface area contributed by atoms with E-state index in [0.717, 1.165) is 32.1 Å². The van der Waals surface area contributed by atoms with Gasteiger partial charge in [-0.15, -0.1) is 0 Å². The quantitative estimate of drug-likeness (QED) is 0.443. The maximum atomic E-state index is 13.0. The van der Waals surface area contributed by atoms with Crippen LogP contribution in [0.3, 0.4) is 0 Å². The lowest BCUT2D eigenvalue weighted by atomic mass is 9.86. The van der Waals surface area contributed by atoms with Crippen molar-refractivity contribution >= 4 is 5.91 Å². The molecule has 0 aromatic carbocycles. The first-order valence-electron chi connectivity index (χ1n) is 8.90. The molecule has 0 N–H and O–H groups in total. The van der Waals surface area contributed by atoms with Gasteiger partial charge in [0.15, 0.2) is 0 Å².